The fourth-order valence-electron chi connectivity index (χ4n) is 1.99. The highest BCUT2D eigenvalue weighted by Gasteiger charge is 2.18. The van der Waals surface area contributed by atoms with Crippen LogP contribution in [0, 0.1) is 5.92 Å². The highest BCUT2D eigenvalue weighted by atomic mass is 35.5. The number of carbonyl (C=O) groups excluding carboxylic acids is 1. The first kappa shape index (κ1) is 17.6. The van der Waals surface area contributed by atoms with E-state index in [1.807, 2.05) is 13.8 Å². The molecule has 1 saturated heterocycles. The van der Waals surface area contributed by atoms with Crippen LogP contribution in [0.1, 0.15) is 24.2 Å². The van der Waals surface area contributed by atoms with Crippen LogP contribution in [-0.4, -0.2) is 38.8 Å². The van der Waals surface area contributed by atoms with Gasteiger partial charge in [-0.1, -0.05) is 0 Å². The molecule has 0 saturated carbocycles. The van der Waals surface area contributed by atoms with Crippen LogP contribution in [0.25, 0.3) is 0 Å². The largest absolute Gasteiger partial charge is 0.493 e. The number of halogens is 1. The van der Waals surface area contributed by atoms with Gasteiger partial charge in [0.1, 0.15) is 0 Å². The van der Waals surface area contributed by atoms with Gasteiger partial charge in [0.05, 0.1) is 13.2 Å². The summed E-state index contributed by atoms with van der Waals surface area (Å²) >= 11 is 0. The van der Waals surface area contributed by atoms with Crippen LogP contribution < -0.4 is 20.1 Å². The zero-order valence-corrected chi connectivity index (χ0v) is 13.5. The maximum absolute atomic E-state index is 12.1. The number of amides is 1. The van der Waals surface area contributed by atoms with E-state index >= 15 is 0 Å². The quantitative estimate of drug-likeness (QED) is 0.841. The molecule has 1 aromatic carbocycles. The van der Waals surface area contributed by atoms with Gasteiger partial charge in [0.15, 0.2) is 11.5 Å². The summed E-state index contributed by atoms with van der Waals surface area (Å²) in [6.45, 7) is 6.56. The van der Waals surface area contributed by atoms with Crippen LogP contribution in [0.4, 0.5) is 0 Å². The minimum absolute atomic E-state index is 0. The number of nitrogens with one attached hydrogen (secondary N) is 2. The Morgan fingerprint density at radius 1 is 1.38 bits per heavy atom. The van der Waals surface area contributed by atoms with Gasteiger partial charge >= 0.3 is 0 Å². The van der Waals surface area contributed by atoms with Crippen molar-refractivity contribution in [1.29, 1.82) is 0 Å². The Labute approximate surface area is 131 Å². The number of hydrogen-bond acceptors (Lipinski definition) is 4. The van der Waals surface area contributed by atoms with Crippen molar-refractivity contribution in [3.05, 3.63) is 23.8 Å². The summed E-state index contributed by atoms with van der Waals surface area (Å²) < 4.78 is 10.9. The second-order valence-electron chi connectivity index (χ2n) is 5.27. The molecule has 2 N–H and O–H groups in total. The van der Waals surface area contributed by atoms with E-state index in [2.05, 4.69) is 10.6 Å². The minimum Gasteiger partial charge on any atom is -0.493 e. The number of hydrogen-bond donors (Lipinski definition) is 2. The van der Waals surface area contributed by atoms with Crippen LogP contribution in [0.2, 0.25) is 0 Å². The third-order valence-corrected chi connectivity index (χ3v) is 3.21. The molecule has 6 heteroatoms. The summed E-state index contributed by atoms with van der Waals surface area (Å²) in [6.07, 6.45) is 0.0645. The van der Waals surface area contributed by atoms with E-state index in [1.54, 1.807) is 25.3 Å². The van der Waals surface area contributed by atoms with Crippen molar-refractivity contribution in [3.8, 4) is 11.5 Å². The van der Waals surface area contributed by atoms with E-state index in [0.717, 1.165) is 13.1 Å². The molecule has 0 radical (unpaired) electrons. The number of ether oxygens (including phenoxy) is 2. The smallest absolute Gasteiger partial charge is 0.251 e. The predicted molar refractivity (Wildman–Crippen MR) is 84.7 cm³/mol. The highest BCUT2D eigenvalue weighted by Crippen LogP contribution is 2.28. The van der Waals surface area contributed by atoms with Crippen LogP contribution in [0.3, 0.4) is 0 Å². The topological polar surface area (TPSA) is 59.6 Å². The Bertz CT molecular complexity index is 476. The van der Waals surface area contributed by atoms with Crippen molar-refractivity contribution >= 4 is 18.3 Å². The van der Waals surface area contributed by atoms with Crippen LogP contribution in [0.15, 0.2) is 18.2 Å². The SMILES string of the molecule is COc1cc(C(=O)NCC2CNC2)ccc1OC(C)C.Cl. The van der Waals surface area contributed by atoms with Gasteiger partial charge in [0.25, 0.3) is 5.91 Å². The second-order valence-corrected chi connectivity index (χ2v) is 5.27. The fraction of sp³-hybridized carbons (Fsp3) is 0.533. The van der Waals surface area contributed by atoms with Gasteiger partial charge < -0.3 is 20.1 Å². The van der Waals surface area contributed by atoms with Crippen molar-refractivity contribution in [2.45, 2.75) is 20.0 Å². The molecule has 0 bridgehead atoms. The number of carbonyl (C=O) groups is 1. The van der Waals surface area contributed by atoms with Crippen LogP contribution in [-0.2, 0) is 0 Å². The average Bonchev–Trinajstić information content (AvgIpc) is 2.36. The lowest BCUT2D eigenvalue weighted by atomic mass is 10.0. The molecule has 0 aliphatic carbocycles. The summed E-state index contributed by atoms with van der Waals surface area (Å²) in [5.74, 6) is 1.70. The molecule has 1 heterocycles. The number of methoxy groups -OCH3 is 1. The molecular formula is C15H23ClN2O3. The van der Waals surface area contributed by atoms with Gasteiger partial charge in [-0.05, 0) is 32.0 Å². The monoisotopic (exact) mass is 314 g/mol. The molecule has 0 atom stereocenters. The van der Waals surface area contributed by atoms with Crippen LogP contribution >= 0.6 is 12.4 Å². The first-order valence-electron chi connectivity index (χ1n) is 6.93. The number of rotatable bonds is 6. The Morgan fingerprint density at radius 3 is 2.62 bits per heavy atom. The molecule has 1 aliphatic rings. The first-order chi connectivity index (χ1) is 9.60. The highest BCUT2D eigenvalue weighted by molar-refractivity contribution is 5.94. The van der Waals surface area contributed by atoms with E-state index in [1.165, 1.54) is 0 Å². The van der Waals surface area contributed by atoms with Crippen molar-refractivity contribution in [2.75, 3.05) is 26.7 Å². The molecular weight excluding hydrogens is 292 g/mol. The van der Waals surface area contributed by atoms with Gasteiger partial charge in [-0.15, -0.1) is 12.4 Å². The Hall–Kier alpha value is -1.46. The van der Waals surface area contributed by atoms with E-state index in [9.17, 15) is 4.79 Å². The molecule has 118 valence electrons. The van der Waals surface area contributed by atoms with Crippen molar-refractivity contribution in [3.63, 3.8) is 0 Å². The lowest BCUT2D eigenvalue weighted by Crippen LogP contribution is -2.48. The maximum atomic E-state index is 12.1. The third kappa shape index (κ3) is 4.79. The van der Waals surface area contributed by atoms with Gasteiger partial charge in [-0.25, -0.2) is 0 Å². The summed E-state index contributed by atoms with van der Waals surface area (Å²) in [6, 6.07) is 5.25. The fourth-order valence-corrected chi connectivity index (χ4v) is 1.99. The van der Waals surface area contributed by atoms with Crippen molar-refractivity contribution < 1.29 is 14.3 Å². The second kappa shape index (κ2) is 8.10. The van der Waals surface area contributed by atoms with Gasteiger partial charge in [-0.2, -0.15) is 0 Å². The molecule has 1 aliphatic heterocycles. The average molecular weight is 315 g/mol. The van der Waals surface area contributed by atoms with Gasteiger partial charge in [-0.3, -0.25) is 4.79 Å². The minimum atomic E-state index is -0.0775. The summed E-state index contributed by atoms with van der Waals surface area (Å²) in [7, 11) is 1.57. The Kier molecular flexibility index (Phi) is 6.78. The maximum Gasteiger partial charge on any atom is 0.251 e. The lowest BCUT2D eigenvalue weighted by Gasteiger charge is -2.27. The molecule has 1 aromatic rings. The summed E-state index contributed by atoms with van der Waals surface area (Å²) in [5, 5.41) is 6.12. The van der Waals surface area contributed by atoms with Crippen LogP contribution in [0.5, 0.6) is 11.5 Å². The molecule has 5 nitrogen and oxygen atoms in total. The normalized spacial score (nSPS) is 14.1. The Morgan fingerprint density at radius 2 is 2.10 bits per heavy atom. The van der Waals surface area contributed by atoms with Crippen molar-refractivity contribution in [2.24, 2.45) is 5.92 Å². The van der Waals surface area contributed by atoms with E-state index < -0.39 is 0 Å². The molecule has 1 fully saturated rings. The van der Waals surface area contributed by atoms with Gasteiger partial charge in [0.2, 0.25) is 0 Å². The van der Waals surface area contributed by atoms with E-state index in [4.69, 9.17) is 9.47 Å². The van der Waals surface area contributed by atoms with E-state index in [-0.39, 0.29) is 24.4 Å². The molecule has 2 rings (SSSR count). The Balaban J connectivity index is 0.00000220. The number of benzene rings is 1. The van der Waals surface area contributed by atoms with Crippen molar-refractivity contribution in [1.82, 2.24) is 10.6 Å². The molecule has 21 heavy (non-hydrogen) atoms. The molecule has 0 spiro atoms. The van der Waals surface area contributed by atoms with Gasteiger partial charge in [0, 0.05) is 31.1 Å². The first-order valence-corrected chi connectivity index (χ1v) is 6.93. The summed E-state index contributed by atoms with van der Waals surface area (Å²) in [4.78, 5) is 12.1. The zero-order valence-electron chi connectivity index (χ0n) is 12.6. The summed E-state index contributed by atoms with van der Waals surface area (Å²) in [5.41, 5.74) is 0.588. The lowest BCUT2D eigenvalue weighted by molar-refractivity contribution is 0.0942. The third-order valence-electron chi connectivity index (χ3n) is 3.21. The van der Waals surface area contributed by atoms with E-state index in [0.29, 0.717) is 29.5 Å². The standard InChI is InChI=1S/C15H22N2O3.ClH/c1-10(2)20-13-5-4-12(6-14(13)19-3)15(18)17-9-11-7-16-8-11;/h4-6,10-11,16H,7-9H2,1-3H3,(H,17,18);1H. The zero-order chi connectivity index (χ0) is 14.5. The predicted octanol–water partition coefficient (Wildman–Crippen LogP) is 1.85. The molecule has 1 amide bonds. The molecule has 0 unspecified atom stereocenters. The molecule has 0 aromatic heterocycles.